The van der Waals surface area contributed by atoms with Gasteiger partial charge in [0.05, 0.1) is 0 Å². The summed E-state index contributed by atoms with van der Waals surface area (Å²) < 4.78 is 0. The number of amides is 1. The molecule has 0 aliphatic carbocycles. The Bertz CT molecular complexity index is 195. The van der Waals surface area contributed by atoms with Gasteiger partial charge in [-0.1, -0.05) is 6.92 Å². The van der Waals surface area contributed by atoms with Crippen molar-refractivity contribution < 1.29 is 19.8 Å². The first kappa shape index (κ1) is 12.2. The fraction of sp³-hybridized carbons (Fsp3) is 0.714. The molecule has 0 heterocycles. The summed E-state index contributed by atoms with van der Waals surface area (Å²) >= 11 is 3.54. The lowest BCUT2D eigenvalue weighted by Crippen LogP contribution is -2.46. The maximum Gasteiger partial charge on any atom is 0.329 e. The van der Waals surface area contributed by atoms with E-state index in [1.54, 1.807) is 6.92 Å². The number of aliphatic hydroxyl groups excluding tert-OH is 1. The molecule has 0 aromatic heterocycles. The van der Waals surface area contributed by atoms with Crippen molar-refractivity contribution in [3.05, 3.63) is 0 Å². The first-order chi connectivity index (χ1) is 5.99. The van der Waals surface area contributed by atoms with Crippen molar-refractivity contribution in [2.75, 3.05) is 0 Å². The molecule has 6 heteroatoms. The largest absolute Gasteiger partial charge is 0.480 e. The van der Waals surface area contributed by atoms with Crippen LogP contribution < -0.4 is 5.32 Å². The molecule has 0 aliphatic rings. The van der Waals surface area contributed by atoms with E-state index >= 15 is 0 Å². The number of carbonyl (C=O) groups excluding carboxylic acids is 1. The molecule has 13 heavy (non-hydrogen) atoms. The number of thiol groups is 1. The lowest BCUT2D eigenvalue weighted by molar-refractivity contribution is -0.143. The van der Waals surface area contributed by atoms with Crippen molar-refractivity contribution in [3.63, 3.8) is 0 Å². The molecule has 0 bridgehead atoms. The molecule has 0 aliphatic heterocycles. The van der Waals surface area contributed by atoms with Gasteiger partial charge in [0.2, 0.25) is 5.91 Å². The van der Waals surface area contributed by atoms with Crippen molar-refractivity contribution in [3.8, 4) is 0 Å². The van der Waals surface area contributed by atoms with Crippen molar-refractivity contribution in [2.45, 2.75) is 31.2 Å². The zero-order chi connectivity index (χ0) is 10.4. The van der Waals surface area contributed by atoms with Gasteiger partial charge in [-0.05, 0) is 6.42 Å². The summed E-state index contributed by atoms with van der Waals surface area (Å²) in [7, 11) is 0. The van der Waals surface area contributed by atoms with E-state index in [1.165, 1.54) is 0 Å². The highest BCUT2D eigenvalue weighted by Crippen LogP contribution is 1.99. The number of carboxylic acids is 1. The Morgan fingerprint density at radius 2 is 2.08 bits per heavy atom. The van der Waals surface area contributed by atoms with Gasteiger partial charge in [-0.3, -0.25) is 4.79 Å². The van der Waals surface area contributed by atoms with Gasteiger partial charge in [0, 0.05) is 6.42 Å². The minimum absolute atomic E-state index is 0.240. The second-order valence-electron chi connectivity index (χ2n) is 2.55. The minimum atomic E-state index is -1.39. The van der Waals surface area contributed by atoms with E-state index in [1.807, 2.05) is 0 Å². The summed E-state index contributed by atoms with van der Waals surface area (Å²) in [6.45, 7) is 1.80. The molecule has 3 N–H and O–H groups in total. The highest BCUT2D eigenvalue weighted by Gasteiger charge is 2.24. The van der Waals surface area contributed by atoms with E-state index in [4.69, 9.17) is 10.2 Å². The average Bonchev–Trinajstić information content (AvgIpc) is 1.99. The Hall–Kier alpha value is -0.750. The van der Waals surface area contributed by atoms with Crippen LogP contribution in [0.4, 0.5) is 0 Å². The first-order valence-electron chi connectivity index (χ1n) is 3.87. The minimum Gasteiger partial charge on any atom is -0.480 e. The molecule has 0 spiro atoms. The quantitative estimate of drug-likeness (QED) is 0.365. The van der Waals surface area contributed by atoms with Crippen LogP contribution in [0.3, 0.4) is 0 Å². The molecule has 0 fully saturated rings. The first-order valence-corrected chi connectivity index (χ1v) is 4.39. The van der Waals surface area contributed by atoms with E-state index in [9.17, 15) is 9.59 Å². The second-order valence-corrected chi connectivity index (χ2v) is 3.08. The smallest absolute Gasteiger partial charge is 0.329 e. The van der Waals surface area contributed by atoms with E-state index in [0.717, 1.165) is 0 Å². The molecule has 5 nitrogen and oxygen atoms in total. The highest BCUT2D eigenvalue weighted by atomic mass is 32.1. The molecular weight excluding hydrogens is 194 g/mol. The van der Waals surface area contributed by atoms with Gasteiger partial charge in [0.1, 0.15) is 5.44 Å². The van der Waals surface area contributed by atoms with E-state index in [0.29, 0.717) is 6.42 Å². The molecule has 2 atom stereocenters. The maximum atomic E-state index is 10.9. The van der Waals surface area contributed by atoms with Gasteiger partial charge in [0.25, 0.3) is 0 Å². The van der Waals surface area contributed by atoms with Crippen LogP contribution in [0.25, 0.3) is 0 Å². The van der Waals surface area contributed by atoms with Gasteiger partial charge in [-0.2, -0.15) is 0 Å². The Morgan fingerprint density at radius 3 is 2.38 bits per heavy atom. The summed E-state index contributed by atoms with van der Waals surface area (Å²) in [5.41, 5.74) is -1.39. The van der Waals surface area contributed by atoms with Crippen LogP contribution in [0.1, 0.15) is 19.8 Å². The topological polar surface area (TPSA) is 86.6 Å². The summed E-state index contributed by atoms with van der Waals surface area (Å²) in [6.07, 6.45) is 0.866. The predicted octanol–water partition coefficient (Wildman–Crippen LogP) is -0.396. The Kier molecular flexibility index (Phi) is 5.48. The standard InChI is InChI=1S/C7H13NO4S/c1-2-3-4(9)8-5(6(10)11)7(12)13/h5,7,12-13H,2-3H2,1H3,(H,8,9)(H,10,11)/t5-,7?/m1/s1. The molecule has 0 radical (unpaired) electrons. The summed E-state index contributed by atoms with van der Waals surface area (Å²) in [5.74, 6) is -1.70. The lowest BCUT2D eigenvalue weighted by Gasteiger charge is -2.15. The summed E-state index contributed by atoms with van der Waals surface area (Å²) in [4.78, 5) is 21.4. The molecular formula is C7H13NO4S. The van der Waals surface area contributed by atoms with Gasteiger partial charge in [-0.25, -0.2) is 4.79 Å². The number of hydrogen-bond donors (Lipinski definition) is 4. The fourth-order valence-electron chi connectivity index (χ4n) is 0.736. The maximum absolute atomic E-state index is 10.9. The molecule has 1 unspecified atom stereocenters. The van der Waals surface area contributed by atoms with Crippen LogP contribution in [-0.4, -0.2) is 33.6 Å². The molecule has 1 amide bonds. The molecule has 76 valence electrons. The number of carboxylic acid groups (broad SMARTS) is 1. The molecule has 0 saturated heterocycles. The molecule has 0 aromatic carbocycles. The van der Waals surface area contributed by atoms with Crippen molar-refractivity contribution >= 4 is 24.5 Å². The SMILES string of the molecule is CCCC(=O)N[C@H](C(=O)O)C(O)S. The second kappa shape index (κ2) is 5.82. The number of aliphatic hydroxyl groups is 1. The lowest BCUT2D eigenvalue weighted by atomic mass is 10.2. The van der Waals surface area contributed by atoms with Gasteiger partial charge in [0.15, 0.2) is 6.04 Å². The Balaban J connectivity index is 4.10. The van der Waals surface area contributed by atoms with Crippen molar-refractivity contribution in [2.24, 2.45) is 0 Å². The molecule has 0 rings (SSSR count). The van der Waals surface area contributed by atoms with Crippen LogP contribution in [0.15, 0.2) is 0 Å². The number of carbonyl (C=O) groups is 2. The third-order valence-electron chi connectivity index (χ3n) is 1.36. The summed E-state index contributed by atoms with van der Waals surface area (Å²) in [6, 6.07) is -1.35. The van der Waals surface area contributed by atoms with Crippen LogP contribution in [0, 0.1) is 0 Å². The van der Waals surface area contributed by atoms with E-state index < -0.39 is 23.4 Å². The number of aliphatic carboxylic acids is 1. The van der Waals surface area contributed by atoms with Crippen LogP contribution >= 0.6 is 12.6 Å². The predicted molar refractivity (Wildman–Crippen MR) is 49.5 cm³/mol. The Labute approximate surface area is 81.5 Å². The van der Waals surface area contributed by atoms with Crippen molar-refractivity contribution in [1.82, 2.24) is 5.32 Å². The molecule has 0 aromatic rings. The third kappa shape index (κ3) is 4.74. The zero-order valence-electron chi connectivity index (χ0n) is 7.23. The van der Waals surface area contributed by atoms with Gasteiger partial charge < -0.3 is 15.5 Å². The number of nitrogens with one attached hydrogen (secondary N) is 1. The highest BCUT2D eigenvalue weighted by molar-refractivity contribution is 7.80. The number of rotatable bonds is 5. The summed E-state index contributed by atoms with van der Waals surface area (Å²) in [5, 5.41) is 19.6. The van der Waals surface area contributed by atoms with Crippen LogP contribution in [0.5, 0.6) is 0 Å². The third-order valence-corrected chi connectivity index (χ3v) is 1.66. The molecule has 0 saturated carbocycles. The zero-order valence-corrected chi connectivity index (χ0v) is 8.12. The van der Waals surface area contributed by atoms with Gasteiger partial charge in [-0.15, -0.1) is 12.6 Å². The monoisotopic (exact) mass is 207 g/mol. The Morgan fingerprint density at radius 1 is 1.54 bits per heavy atom. The fourth-order valence-corrected chi connectivity index (χ4v) is 0.939. The van der Waals surface area contributed by atoms with E-state index in [2.05, 4.69) is 17.9 Å². The normalized spacial score (nSPS) is 14.7. The van der Waals surface area contributed by atoms with E-state index in [-0.39, 0.29) is 6.42 Å². The van der Waals surface area contributed by atoms with Crippen LogP contribution in [0.2, 0.25) is 0 Å². The number of hydrogen-bond acceptors (Lipinski definition) is 4. The van der Waals surface area contributed by atoms with Gasteiger partial charge >= 0.3 is 5.97 Å². The average molecular weight is 207 g/mol. The van der Waals surface area contributed by atoms with Crippen molar-refractivity contribution in [1.29, 1.82) is 0 Å². The van der Waals surface area contributed by atoms with Crippen LogP contribution in [-0.2, 0) is 9.59 Å².